The molecular formula is C19H25N3O6S. The topological polar surface area (TPSA) is 128 Å². The van der Waals surface area contributed by atoms with E-state index >= 15 is 0 Å². The number of aryl methyl sites for hydroxylation is 2. The molecule has 0 aliphatic heterocycles. The van der Waals surface area contributed by atoms with Gasteiger partial charge in [-0.3, -0.25) is 9.59 Å². The van der Waals surface area contributed by atoms with Crippen LogP contribution in [0.25, 0.3) is 0 Å². The number of nitrogens with one attached hydrogen (secondary N) is 2. The van der Waals surface area contributed by atoms with Crippen LogP contribution in [-0.2, 0) is 24.3 Å². The third-order valence-electron chi connectivity index (χ3n) is 4.12. The second-order valence-corrected chi connectivity index (χ2v) is 8.16. The molecule has 2 rings (SSSR count). The van der Waals surface area contributed by atoms with Crippen LogP contribution in [0.3, 0.4) is 0 Å². The number of carbonyl (C=O) groups excluding carboxylic acids is 2. The Morgan fingerprint density at radius 3 is 2.48 bits per heavy atom. The molecule has 1 atom stereocenters. The molecule has 0 bridgehead atoms. The van der Waals surface area contributed by atoms with Crippen molar-refractivity contribution in [2.24, 2.45) is 0 Å². The van der Waals surface area contributed by atoms with Crippen LogP contribution < -0.4 is 10.0 Å². The van der Waals surface area contributed by atoms with E-state index in [-0.39, 0.29) is 22.4 Å². The van der Waals surface area contributed by atoms with E-state index in [4.69, 9.17) is 9.26 Å². The van der Waals surface area contributed by atoms with Crippen molar-refractivity contribution in [3.63, 3.8) is 0 Å². The van der Waals surface area contributed by atoms with Crippen LogP contribution in [0.15, 0.2) is 39.8 Å². The van der Waals surface area contributed by atoms with Crippen LogP contribution in [0.2, 0.25) is 0 Å². The highest BCUT2D eigenvalue weighted by Crippen LogP contribution is 2.19. The van der Waals surface area contributed by atoms with E-state index < -0.39 is 35.1 Å². The molecule has 1 aromatic carbocycles. The van der Waals surface area contributed by atoms with Gasteiger partial charge in [0.05, 0.1) is 6.04 Å². The predicted octanol–water partition coefficient (Wildman–Crippen LogP) is 1.77. The summed E-state index contributed by atoms with van der Waals surface area (Å²) in [6, 6.07) is 9.29. The highest BCUT2D eigenvalue weighted by atomic mass is 32.2. The molecule has 1 aromatic heterocycles. The molecule has 2 aromatic rings. The Kier molecular flexibility index (Phi) is 7.91. The molecule has 1 heterocycles. The van der Waals surface area contributed by atoms with Gasteiger partial charge in [0, 0.05) is 0 Å². The number of ether oxygens (including phenoxy) is 1. The van der Waals surface area contributed by atoms with Crippen LogP contribution >= 0.6 is 0 Å². The Labute approximate surface area is 169 Å². The van der Waals surface area contributed by atoms with E-state index in [1.54, 1.807) is 0 Å². The number of nitrogens with zero attached hydrogens (tertiary/aromatic N) is 1. The minimum Gasteiger partial charge on any atom is -0.455 e. The molecule has 0 spiro atoms. The van der Waals surface area contributed by atoms with Crippen molar-refractivity contribution in [2.75, 3.05) is 13.2 Å². The van der Waals surface area contributed by atoms with E-state index in [2.05, 4.69) is 15.2 Å². The number of hydrogen-bond acceptors (Lipinski definition) is 7. The number of esters is 1. The van der Waals surface area contributed by atoms with Crippen LogP contribution in [0.4, 0.5) is 0 Å². The molecule has 10 heteroatoms. The fourth-order valence-electron chi connectivity index (χ4n) is 2.81. The molecule has 0 saturated carbocycles. The van der Waals surface area contributed by atoms with E-state index in [1.807, 2.05) is 37.3 Å². The maximum Gasteiger partial charge on any atom is 0.321 e. The molecule has 0 unspecified atom stereocenters. The molecule has 1 amide bonds. The first-order valence-corrected chi connectivity index (χ1v) is 10.7. The maximum atomic E-state index is 12.3. The van der Waals surface area contributed by atoms with Crippen molar-refractivity contribution in [3.8, 4) is 0 Å². The van der Waals surface area contributed by atoms with Gasteiger partial charge in [-0.2, -0.15) is 4.72 Å². The van der Waals surface area contributed by atoms with Gasteiger partial charge in [-0.15, -0.1) is 0 Å². The molecule has 0 fully saturated rings. The lowest BCUT2D eigenvalue weighted by Gasteiger charge is -2.18. The number of hydrogen-bond donors (Lipinski definition) is 2. The zero-order valence-electron chi connectivity index (χ0n) is 16.6. The Morgan fingerprint density at radius 1 is 1.21 bits per heavy atom. The maximum absolute atomic E-state index is 12.3. The molecule has 9 nitrogen and oxygen atoms in total. The summed E-state index contributed by atoms with van der Waals surface area (Å²) >= 11 is 0. The summed E-state index contributed by atoms with van der Waals surface area (Å²) in [6.45, 7) is 3.83. The highest BCUT2D eigenvalue weighted by Gasteiger charge is 2.25. The first-order valence-electron chi connectivity index (χ1n) is 9.17. The van der Waals surface area contributed by atoms with Gasteiger partial charge in [0.25, 0.3) is 5.91 Å². The molecule has 2 N–H and O–H groups in total. The lowest BCUT2D eigenvalue weighted by Crippen LogP contribution is -2.35. The summed E-state index contributed by atoms with van der Waals surface area (Å²) in [7, 11) is -3.98. The Bertz CT molecular complexity index is 921. The fourth-order valence-corrected chi connectivity index (χ4v) is 4.11. The molecular weight excluding hydrogens is 398 g/mol. The molecule has 0 aliphatic rings. The first kappa shape index (κ1) is 22.6. The van der Waals surface area contributed by atoms with Crippen molar-refractivity contribution < 1.29 is 27.3 Å². The monoisotopic (exact) mass is 423 g/mol. The number of rotatable bonds is 10. The predicted molar refractivity (Wildman–Crippen MR) is 104 cm³/mol. The summed E-state index contributed by atoms with van der Waals surface area (Å²) in [6.07, 6.45) is 1.60. The summed E-state index contributed by atoms with van der Waals surface area (Å²) in [5.41, 5.74) is 1.15. The molecule has 29 heavy (non-hydrogen) atoms. The van der Waals surface area contributed by atoms with Crippen LogP contribution in [0.1, 0.15) is 42.8 Å². The Hall–Kier alpha value is -2.72. The van der Waals surface area contributed by atoms with Gasteiger partial charge in [0.15, 0.2) is 12.4 Å². The Morgan fingerprint density at radius 2 is 1.90 bits per heavy atom. The van der Waals surface area contributed by atoms with Gasteiger partial charge >= 0.3 is 5.97 Å². The summed E-state index contributed by atoms with van der Waals surface area (Å²) < 4.78 is 36.3. The second-order valence-electron chi connectivity index (χ2n) is 6.46. The average molecular weight is 423 g/mol. The number of carbonyl (C=O) groups is 2. The summed E-state index contributed by atoms with van der Waals surface area (Å²) in [4.78, 5) is 23.9. The SMILES string of the molecule is CCC[C@H](NC(=O)COC(=O)CNS(=O)(=O)c1c(C)noc1C)c1ccccc1. The van der Waals surface area contributed by atoms with Crippen LogP contribution in [0.5, 0.6) is 0 Å². The van der Waals surface area contributed by atoms with Crippen LogP contribution in [-0.4, -0.2) is 38.6 Å². The van der Waals surface area contributed by atoms with E-state index in [9.17, 15) is 18.0 Å². The third kappa shape index (κ3) is 6.40. The van der Waals surface area contributed by atoms with Gasteiger partial charge < -0.3 is 14.6 Å². The number of aromatic nitrogens is 1. The Balaban J connectivity index is 1.84. The smallest absolute Gasteiger partial charge is 0.321 e. The van der Waals surface area contributed by atoms with Gasteiger partial charge in [0.2, 0.25) is 10.0 Å². The fraction of sp³-hybridized carbons (Fsp3) is 0.421. The third-order valence-corrected chi connectivity index (χ3v) is 5.77. The van der Waals surface area contributed by atoms with Crippen molar-refractivity contribution in [3.05, 3.63) is 47.3 Å². The molecule has 0 aliphatic carbocycles. The van der Waals surface area contributed by atoms with E-state index in [1.165, 1.54) is 13.8 Å². The van der Waals surface area contributed by atoms with E-state index in [0.717, 1.165) is 18.4 Å². The number of benzene rings is 1. The van der Waals surface area contributed by atoms with Crippen molar-refractivity contribution in [1.29, 1.82) is 0 Å². The van der Waals surface area contributed by atoms with Crippen LogP contribution in [0, 0.1) is 13.8 Å². The minimum absolute atomic E-state index is 0.116. The normalized spacial score (nSPS) is 12.4. The average Bonchev–Trinajstić information content (AvgIpc) is 3.04. The first-order chi connectivity index (χ1) is 13.7. The quantitative estimate of drug-likeness (QED) is 0.557. The van der Waals surface area contributed by atoms with E-state index in [0.29, 0.717) is 0 Å². The van der Waals surface area contributed by atoms with Crippen molar-refractivity contribution >= 4 is 21.9 Å². The van der Waals surface area contributed by atoms with Gasteiger partial charge in [-0.05, 0) is 25.8 Å². The molecule has 0 radical (unpaired) electrons. The standard InChI is InChI=1S/C19H25N3O6S/c1-4-8-16(15-9-6-5-7-10-15)21-17(23)12-27-18(24)11-20-29(25,26)19-13(2)22-28-14(19)3/h5-7,9-10,16,20H,4,8,11-12H2,1-3H3,(H,21,23)/t16-/m0/s1. The zero-order valence-corrected chi connectivity index (χ0v) is 17.4. The summed E-state index contributed by atoms with van der Waals surface area (Å²) in [5.74, 6) is -1.22. The van der Waals surface area contributed by atoms with Crippen molar-refractivity contribution in [2.45, 2.75) is 44.6 Å². The van der Waals surface area contributed by atoms with Gasteiger partial charge in [-0.25, -0.2) is 8.42 Å². The molecule has 158 valence electrons. The van der Waals surface area contributed by atoms with Crippen molar-refractivity contribution in [1.82, 2.24) is 15.2 Å². The molecule has 0 saturated heterocycles. The number of amides is 1. The highest BCUT2D eigenvalue weighted by molar-refractivity contribution is 7.89. The lowest BCUT2D eigenvalue weighted by atomic mass is 10.0. The van der Waals surface area contributed by atoms with Gasteiger partial charge in [0.1, 0.15) is 17.1 Å². The summed E-state index contributed by atoms with van der Waals surface area (Å²) in [5, 5.41) is 6.40. The lowest BCUT2D eigenvalue weighted by molar-refractivity contribution is -0.147. The number of sulfonamides is 1. The second kappa shape index (κ2) is 10.2. The minimum atomic E-state index is -3.98. The zero-order chi connectivity index (χ0) is 21.4. The van der Waals surface area contributed by atoms with Gasteiger partial charge in [-0.1, -0.05) is 48.8 Å². The largest absolute Gasteiger partial charge is 0.455 e.